The first kappa shape index (κ1) is 15.4. The van der Waals surface area contributed by atoms with Crippen molar-refractivity contribution in [1.29, 1.82) is 0 Å². The van der Waals surface area contributed by atoms with Crippen molar-refractivity contribution < 1.29 is 4.39 Å². The van der Waals surface area contributed by atoms with Gasteiger partial charge in [-0.3, -0.25) is 0 Å². The quantitative estimate of drug-likeness (QED) is 0.907. The summed E-state index contributed by atoms with van der Waals surface area (Å²) in [6, 6.07) is 6.88. The number of halogens is 2. The molecule has 102 valence electrons. The second-order valence-electron chi connectivity index (χ2n) is 5.04. The molecule has 1 saturated heterocycles. The van der Waals surface area contributed by atoms with E-state index in [1.54, 1.807) is 12.1 Å². The Morgan fingerprint density at radius 3 is 2.94 bits per heavy atom. The van der Waals surface area contributed by atoms with Gasteiger partial charge < -0.3 is 10.2 Å². The van der Waals surface area contributed by atoms with Crippen molar-refractivity contribution in [2.24, 2.45) is 5.92 Å². The largest absolute Gasteiger partial charge is 0.316 e. The van der Waals surface area contributed by atoms with E-state index in [-0.39, 0.29) is 18.2 Å². The van der Waals surface area contributed by atoms with Crippen LogP contribution in [0.4, 0.5) is 4.39 Å². The molecular weight excluding hydrogens is 251 g/mol. The molecule has 0 aliphatic carbocycles. The summed E-state index contributed by atoms with van der Waals surface area (Å²) in [4.78, 5) is 2.28. The molecule has 0 bridgehead atoms. The van der Waals surface area contributed by atoms with Crippen molar-refractivity contribution in [1.82, 2.24) is 10.2 Å². The highest BCUT2D eigenvalue weighted by Crippen LogP contribution is 2.13. The predicted molar refractivity (Wildman–Crippen MR) is 75.6 cm³/mol. The monoisotopic (exact) mass is 272 g/mol. The molecule has 18 heavy (non-hydrogen) atoms. The number of nitrogens with one attached hydrogen (secondary N) is 1. The molecule has 0 amide bonds. The fraction of sp³-hybridized carbons (Fsp3) is 0.571. The van der Waals surface area contributed by atoms with Crippen LogP contribution in [-0.4, -0.2) is 31.6 Å². The normalized spacial score (nSPS) is 19.6. The molecule has 1 aliphatic rings. The summed E-state index contributed by atoms with van der Waals surface area (Å²) in [6.07, 6.45) is 2.58. The standard InChI is InChI=1S/C14H21FN2.ClH/c1-17(11-13-5-3-7-16-9-13)10-12-4-2-6-14(15)8-12;/h2,4,6,8,13,16H,3,5,7,9-11H2,1H3;1H. The van der Waals surface area contributed by atoms with Crippen LogP contribution >= 0.6 is 12.4 Å². The molecule has 1 N–H and O–H groups in total. The molecule has 1 aromatic rings. The van der Waals surface area contributed by atoms with E-state index in [4.69, 9.17) is 0 Å². The van der Waals surface area contributed by atoms with Gasteiger partial charge in [0.2, 0.25) is 0 Å². The number of piperidine rings is 1. The van der Waals surface area contributed by atoms with Gasteiger partial charge in [-0.15, -0.1) is 12.4 Å². The fourth-order valence-corrected chi connectivity index (χ4v) is 2.53. The Labute approximate surface area is 115 Å². The maximum atomic E-state index is 13.0. The molecular formula is C14H22ClFN2. The summed E-state index contributed by atoms with van der Waals surface area (Å²) >= 11 is 0. The van der Waals surface area contributed by atoms with Crippen molar-refractivity contribution >= 4 is 12.4 Å². The second kappa shape index (κ2) is 7.72. The van der Waals surface area contributed by atoms with E-state index in [0.717, 1.165) is 37.7 Å². The molecule has 2 rings (SSSR count). The van der Waals surface area contributed by atoms with Crippen LogP contribution in [0.25, 0.3) is 0 Å². The van der Waals surface area contributed by atoms with Crippen LogP contribution in [0.3, 0.4) is 0 Å². The van der Waals surface area contributed by atoms with E-state index in [9.17, 15) is 4.39 Å². The Morgan fingerprint density at radius 1 is 1.44 bits per heavy atom. The van der Waals surface area contributed by atoms with Crippen LogP contribution in [0.1, 0.15) is 18.4 Å². The topological polar surface area (TPSA) is 15.3 Å². The number of hydrogen-bond donors (Lipinski definition) is 1. The average molecular weight is 273 g/mol. The van der Waals surface area contributed by atoms with Gasteiger partial charge >= 0.3 is 0 Å². The van der Waals surface area contributed by atoms with Gasteiger partial charge in [0, 0.05) is 13.1 Å². The molecule has 2 nitrogen and oxygen atoms in total. The summed E-state index contributed by atoms with van der Waals surface area (Å²) in [6.45, 7) is 4.19. The van der Waals surface area contributed by atoms with Crippen LogP contribution in [0, 0.1) is 11.7 Å². The highest BCUT2D eigenvalue weighted by atomic mass is 35.5. The number of hydrogen-bond acceptors (Lipinski definition) is 2. The Balaban J connectivity index is 0.00000162. The van der Waals surface area contributed by atoms with Crippen LogP contribution in [0.15, 0.2) is 24.3 Å². The third kappa shape index (κ3) is 4.92. The zero-order valence-electron chi connectivity index (χ0n) is 10.9. The van der Waals surface area contributed by atoms with Crippen LogP contribution in [0.5, 0.6) is 0 Å². The Kier molecular flexibility index (Phi) is 6.61. The van der Waals surface area contributed by atoms with Gasteiger partial charge in [0.15, 0.2) is 0 Å². The second-order valence-corrected chi connectivity index (χ2v) is 5.04. The minimum Gasteiger partial charge on any atom is -0.316 e. The van der Waals surface area contributed by atoms with Gasteiger partial charge in [-0.1, -0.05) is 12.1 Å². The molecule has 0 aromatic heterocycles. The maximum Gasteiger partial charge on any atom is 0.123 e. The van der Waals surface area contributed by atoms with Crippen molar-refractivity contribution in [2.75, 3.05) is 26.7 Å². The van der Waals surface area contributed by atoms with Crippen LogP contribution in [0.2, 0.25) is 0 Å². The first-order chi connectivity index (χ1) is 8.24. The number of nitrogens with zero attached hydrogens (tertiary/aromatic N) is 1. The lowest BCUT2D eigenvalue weighted by Gasteiger charge is -2.27. The molecule has 1 atom stereocenters. The van der Waals surface area contributed by atoms with Gasteiger partial charge in [0.1, 0.15) is 5.82 Å². The lowest BCUT2D eigenvalue weighted by atomic mass is 9.99. The fourth-order valence-electron chi connectivity index (χ4n) is 2.53. The highest BCUT2D eigenvalue weighted by molar-refractivity contribution is 5.85. The van der Waals surface area contributed by atoms with Crippen LogP contribution < -0.4 is 5.32 Å². The molecule has 0 radical (unpaired) electrons. The molecule has 1 fully saturated rings. The molecule has 1 aromatic carbocycles. The van der Waals surface area contributed by atoms with E-state index in [2.05, 4.69) is 17.3 Å². The summed E-state index contributed by atoms with van der Waals surface area (Å²) < 4.78 is 13.0. The van der Waals surface area contributed by atoms with Gasteiger partial charge in [0.25, 0.3) is 0 Å². The van der Waals surface area contributed by atoms with E-state index in [0.29, 0.717) is 0 Å². The van der Waals surface area contributed by atoms with E-state index in [1.165, 1.54) is 18.9 Å². The SMILES string of the molecule is CN(Cc1cccc(F)c1)CC1CCCNC1.Cl. The summed E-state index contributed by atoms with van der Waals surface area (Å²) in [5.41, 5.74) is 1.05. The first-order valence-corrected chi connectivity index (χ1v) is 6.38. The molecule has 1 aliphatic heterocycles. The van der Waals surface area contributed by atoms with E-state index in [1.807, 2.05) is 6.07 Å². The molecule has 0 spiro atoms. The molecule has 1 unspecified atom stereocenters. The van der Waals surface area contributed by atoms with Crippen molar-refractivity contribution in [3.8, 4) is 0 Å². The number of rotatable bonds is 4. The third-order valence-electron chi connectivity index (χ3n) is 3.31. The Bertz CT molecular complexity index is 353. The number of benzene rings is 1. The first-order valence-electron chi connectivity index (χ1n) is 6.38. The third-order valence-corrected chi connectivity index (χ3v) is 3.31. The van der Waals surface area contributed by atoms with Gasteiger partial charge in [0.05, 0.1) is 0 Å². The summed E-state index contributed by atoms with van der Waals surface area (Å²) in [7, 11) is 2.11. The lowest BCUT2D eigenvalue weighted by Crippen LogP contribution is -2.36. The maximum absolute atomic E-state index is 13.0. The Hall–Kier alpha value is -0.640. The zero-order chi connectivity index (χ0) is 12.1. The predicted octanol–water partition coefficient (Wildman–Crippen LogP) is 2.68. The van der Waals surface area contributed by atoms with Gasteiger partial charge in [-0.2, -0.15) is 0 Å². The minimum atomic E-state index is -0.143. The van der Waals surface area contributed by atoms with E-state index >= 15 is 0 Å². The molecule has 1 heterocycles. The van der Waals surface area contributed by atoms with E-state index < -0.39 is 0 Å². The van der Waals surface area contributed by atoms with Crippen LogP contribution in [-0.2, 0) is 6.54 Å². The summed E-state index contributed by atoms with van der Waals surface area (Å²) in [5, 5.41) is 3.43. The highest BCUT2D eigenvalue weighted by Gasteiger charge is 2.14. The lowest BCUT2D eigenvalue weighted by molar-refractivity contribution is 0.237. The van der Waals surface area contributed by atoms with Crippen molar-refractivity contribution in [3.05, 3.63) is 35.6 Å². The molecule has 0 saturated carbocycles. The smallest absolute Gasteiger partial charge is 0.123 e. The van der Waals surface area contributed by atoms with Gasteiger partial charge in [-0.25, -0.2) is 4.39 Å². The minimum absolute atomic E-state index is 0. The van der Waals surface area contributed by atoms with Crippen molar-refractivity contribution in [2.45, 2.75) is 19.4 Å². The van der Waals surface area contributed by atoms with Crippen molar-refractivity contribution in [3.63, 3.8) is 0 Å². The average Bonchev–Trinajstić information content (AvgIpc) is 2.30. The zero-order valence-corrected chi connectivity index (χ0v) is 11.7. The van der Waals surface area contributed by atoms with Gasteiger partial charge in [-0.05, 0) is 56.6 Å². The molecule has 4 heteroatoms. The Morgan fingerprint density at radius 2 is 2.28 bits per heavy atom. The summed E-state index contributed by atoms with van der Waals surface area (Å²) in [5.74, 6) is 0.595.